The highest BCUT2D eigenvalue weighted by atomic mass is 32.1. The normalized spacial score (nSPS) is 19.3. The van der Waals surface area contributed by atoms with Gasteiger partial charge in [0.1, 0.15) is 5.60 Å². The second-order valence-electron chi connectivity index (χ2n) is 14.2. The van der Waals surface area contributed by atoms with Gasteiger partial charge in [0, 0.05) is 53.4 Å². The third kappa shape index (κ3) is 5.30. The van der Waals surface area contributed by atoms with Crippen molar-refractivity contribution in [3.05, 3.63) is 143 Å². The number of hydrogen-bond donors (Lipinski definition) is 0. The van der Waals surface area contributed by atoms with Crippen molar-refractivity contribution in [2.45, 2.75) is 37.7 Å². The predicted molar refractivity (Wildman–Crippen MR) is 219 cm³/mol. The Kier molecular flexibility index (Phi) is 8.30. The van der Waals surface area contributed by atoms with Crippen molar-refractivity contribution in [1.29, 1.82) is 10.5 Å². The summed E-state index contributed by atoms with van der Waals surface area (Å²) in [5.74, 6) is -5.31. The van der Waals surface area contributed by atoms with Gasteiger partial charge in [0.15, 0.2) is 40.6 Å². The maximum absolute atomic E-state index is 14.4. The van der Waals surface area contributed by atoms with Gasteiger partial charge in [-0.1, -0.05) is 6.42 Å². The summed E-state index contributed by atoms with van der Waals surface area (Å²) < 4.78 is 68.0. The number of halogens is 4. The first kappa shape index (κ1) is 36.9. The van der Waals surface area contributed by atoms with E-state index in [-0.39, 0.29) is 44.5 Å². The number of allylic oxidation sites excluding steroid dienone is 6. The number of thiophene rings is 4. The molecule has 15 heteroatoms. The Morgan fingerprint density at radius 1 is 0.661 bits per heavy atom. The van der Waals surface area contributed by atoms with Gasteiger partial charge in [-0.2, -0.15) is 0 Å². The fraction of sp³-hybridized carbons (Fsp3) is 0.136. The number of ketones is 2. The summed E-state index contributed by atoms with van der Waals surface area (Å²) in [5.41, 5.74) is -0.723. The third-order valence-electron chi connectivity index (χ3n) is 11.0. The minimum atomic E-state index is -1.21. The van der Waals surface area contributed by atoms with E-state index >= 15 is 0 Å². The number of benzene rings is 2. The van der Waals surface area contributed by atoms with Gasteiger partial charge in [-0.25, -0.2) is 37.8 Å². The molecule has 6 aromatic rings. The second-order valence-corrected chi connectivity index (χ2v) is 18.5. The van der Waals surface area contributed by atoms with Crippen LogP contribution in [0.2, 0.25) is 0 Å². The first-order valence-electron chi connectivity index (χ1n) is 17.9. The van der Waals surface area contributed by atoms with E-state index in [9.17, 15) is 37.7 Å². The maximum atomic E-state index is 14.4. The Labute approximate surface area is 347 Å². The Morgan fingerprint density at radius 2 is 1.12 bits per heavy atom. The monoisotopic (exact) mass is 854 g/mol. The van der Waals surface area contributed by atoms with Gasteiger partial charge >= 0.3 is 0 Å². The number of nitriles is 2. The number of nitrogens with zero attached hydrogens (tertiary/aromatic N) is 4. The molecular weight excluding hydrogens is 837 g/mol. The molecule has 5 heterocycles. The molecular formula is C44H18F4N4O3S4. The van der Waals surface area contributed by atoms with E-state index in [1.54, 1.807) is 35.6 Å². The number of Topliss-reactive ketones (excluding diaryl/α,β-unsaturated/α-hetero) is 2. The number of fused-ring (bicyclic) bond motifs is 10. The highest BCUT2D eigenvalue weighted by Crippen LogP contribution is 2.63. The molecule has 0 N–H and O–H groups in total. The number of carbonyl (C=O) groups is 2. The molecule has 1 spiro atoms. The Balaban J connectivity index is 1.09. The van der Waals surface area contributed by atoms with E-state index in [4.69, 9.17) is 17.9 Å². The number of carbonyl (C=O) groups excluding carboxylic acids is 2. The summed E-state index contributed by atoms with van der Waals surface area (Å²) in [6, 6.07) is 10.7. The molecule has 0 radical (unpaired) electrons. The van der Waals surface area contributed by atoms with E-state index in [0.29, 0.717) is 9.75 Å². The summed E-state index contributed by atoms with van der Waals surface area (Å²) in [4.78, 5) is 37.1. The molecule has 2 aromatic carbocycles. The summed E-state index contributed by atoms with van der Waals surface area (Å²) >= 11 is 5.92. The van der Waals surface area contributed by atoms with Crippen LogP contribution in [0.15, 0.2) is 58.9 Å². The molecule has 3 aliphatic carbocycles. The van der Waals surface area contributed by atoms with Crippen LogP contribution in [0.4, 0.5) is 17.6 Å². The second kappa shape index (κ2) is 13.3. The summed E-state index contributed by atoms with van der Waals surface area (Å²) in [6.45, 7) is 15.1. The average molecular weight is 855 g/mol. The third-order valence-corrected chi connectivity index (χ3v) is 15.9. The van der Waals surface area contributed by atoms with Crippen LogP contribution in [-0.4, -0.2) is 11.6 Å². The van der Waals surface area contributed by atoms with Gasteiger partial charge in [-0.3, -0.25) is 9.59 Å². The minimum absolute atomic E-state index is 0.000369. The van der Waals surface area contributed by atoms with Crippen molar-refractivity contribution in [3.8, 4) is 27.6 Å². The van der Waals surface area contributed by atoms with Gasteiger partial charge in [0.05, 0.1) is 49.1 Å². The van der Waals surface area contributed by atoms with Gasteiger partial charge < -0.3 is 4.74 Å². The molecule has 10 rings (SSSR count). The van der Waals surface area contributed by atoms with Crippen LogP contribution < -0.4 is 4.74 Å². The molecule has 4 aliphatic rings. The summed E-state index contributed by atoms with van der Waals surface area (Å²) in [6.07, 6.45) is 7.51. The van der Waals surface area contributed by atoms with Crippen molar-refractivity contribution in [3.63, 3.8) is 0 Å². The Hall–Kier alpha value is -6.46. The number of ether oxygens (including phenoxy) is 1. The number of hydrogen-bond acceptors (Lipinski definition) is 9. The van der Waals surface area contributed by atoms with Gasteiger partial charge in [0.25, 0.3) is 11.4 Å². The van der Waals surface area contributed by atoms with Crippen molar-refractivity contribution < 1.29 is 31.9 Å². The van der Waals surface area contributed by atoms with Crippen LogP contribution in [0.5, 0.6) is 5.75 Å². The standard InChI is InChI=1S/C44H18F4N4O3S4/c1-51-30(16-49)34-20-12-26(45)28(47)14-22(20)37(53)24(34)8-18-10-32-40(56-18)36-42(58-32)43-39(55-44(36)6-4-3-5-7-44)41-33(59-43)11-19(57-41)9-25-35(31(17-50)52-2)21-13-27(46)29(48)15-23(21)38(25)54/h8-15H,3-7H2/b24-8-,25-9-,34-30+,35-31-. The zero-order valence-corrected chi connectivity index (χ0v) is 33.1. The lowest BCUT2D eigenvalue weighted by Gasteiger charge is -2.40. The molecule has 284 valence electrons. The fourth-order valence-corrected chi connectivity index (χ4v) is 13.9. The predicted octanol–water partition coefficient (Wildman–Crippen LogP) is 12.9. The number of rotatable bonds is 2. The van der Waals surface area contributed by atoms with Gasteiger partial charge in [0.2, 0.25) is 0 Å². The molecule has 4 aromatic heterocycles. The molecule has 0 bridgehead atoms. The van der Waals surface area contributed by atoms with Crippen LogP contribution in [-0.2, 0) is 5.60 Å². The molecule has 0 unspecified atom stereocenters. The molecule has 0 amide bonds. The quantitative estimate of drug-likeness (QED) is 0.0747. The Bertz CT molecular complexity index is 3290. The zero-order valence-electron chi connectivity index (χ0n) is 29.8. The largest absolute Gasteiger partial charge is 0.479 e. The molecule has 0 saturated heterocycles. The fourth-order valence-electron chi connectivity index (χ4n) is 8.51. The Morgan fingerprint density at radius 3 is 1.61 bits per heavy atom. The average Bonchev–Trinajstić information content (AvgIpc) is 4.05. The lowest BCUT2D eigenvalue weighted by Crippen LogP contribution is -2.37. The first-order chi connectivity index (χ1) is 28.5. The smallest absolute Gasteiger partial charge is 0.270 e. The van der Waals surface area contributed by atoms with E-state index in [2.05, 4.69) is 9.69 Å². The van der Waals surface area contributed by atoms with E-state index < -0.39 is 51.8 Å². The SMILES string of the molecule is [C-]#[N+]/C(C#N)=C1\C(=C\c2cc3sc4c(c3s2)OC2(CCCCC2)c2c-4sc3cc(/C=C4\C(=O)c5cc(F)c(F)cc5\C4=C(\C#N)[N+]#[C-])sc23)C(=O)c2cc(F)c(F)cc21. The summed E-state index contributed by atoms with van der Waals surface area (Å²) in [7, 11) is 0. The van der Waals surface area contributed by atoms with E-state index in [1.807, 2.05) is 12.1 Å². The highest BCUT2D eigenvalue weighted by molar-refractivity contribution is 7.35. The topological polar surface area (TPSA) is 99.7 Å². The van der Waals surface area contributed by atoms with Crippen LogP contribution in [0.1, 0.15) is 79.3 Å². The van der Waals surface area contributed by atoms with Crippen LogP contribution in [0, 0.1) is 59.1 Å². The van der Waals surface area contributed by atoms with Crippen molar-refractivity contribution >= 4 is 99.0 Å². The summed E-state index contributed by atoms with van der Waals surface area (Å²) in [5, 5.41) is 19.5. The van der Waals surface area contributed by atoms with Gasteiger partial charge in [-0.05, 0) is 85.4 Å². The first-order valence-corrected chi connectivity index (χ1v) is 21.1. The lowest BCUT2D eigenvalue weighted by atomic mass is 9.78. The maximum Gasteiger partial charge on any atom is 0.270 e. The van der Waals surface area contributed by atoms with E-state index in [0.717, 1.165) is 96.2 Å². The highest BCUT2D eigenvalue weighted by Gasteiger charge is 2.47. The molecule has 1 fully saturated rings. The zero-order chi connectivity index (χ0) is 41.1. The molecule has 1 saturated carbocycles. The van der Waals surface area contributed by atoms with Crippen LogP contribution in [0.25, 0.3) is 61.5 Å². The molecule has 59 heavy (non-hydrogen) atoms. The van der Waals surface area contributed by atoms with Gasteiger partial charge in [-0.15, -0.1) is 45.3 Å². The van der Waals surface area contributed by atoms with Crippen molar-refractivity contribution in [2.75, 3.05) is 0 Å². The van der Waals surface area contributed by atoms with Crippen LogP contribution in [0.3, 0.4) is 0 Å². The van der Waals surface area contributed by atoms with Crippen LogP contribution >= 0.6 is 45.3 Å². The van der Waals surface area contributed by atoms with Crippen molar-refractivity contribution in [2.24, 2.45) is 0 Å². The van der Waals surface area contributed by atoms with Crippen molar-refractivity contribution in [1.82, 2.24) is 0 Å². The lowest BCUT2D eigenvalue weighted by molar-refractivity contribution is 0.0282. The molecule has 1 aliphatic heterocycles. The van der Waals surface area contributed by atoms with E-state index in [1.165, 1.54) is 34.0 Å². The molecule has 7 nitrogen and oxygen atoms in total. The molecule has 0 atom stereocenters. The minimum Gasteiger partial charge on any atom is -0.479 e.